The Morgan fingerprint density at radius 1 is 1.12 bits per heavy atom. The summed E-state index contributed by atoms with van der Waals surface area (Å²) in [6.07, 6.45) is 4.29. The van der Waals surface area contributed by atoms with Gasteiger partial charge in [0.1, 0.15) is 17.5 Å². The Kier molecular flexibility index (Phi) is 3.88. The van der Waals surface area contributed by atoms with E-state index in [1.165, 1.54) is 12.8 Å². The van der Waals surface area contributed by atoms with Gasteiger partial charge in [-0.3, -0.25) is 4.98 Å². The van der Waals surface area contributed by atoms with E-state index in [2.05, 4.69) is 20.0 Å². The molecule has 1 aromatic carbocycles. The lowest BCUT2D eigenvalue weighted by atomic mass is 9.98. The summed E-state index contributed by atoms with van der Waals surface area (Å²) in [5.41, 5.74) is 1.91. The molecule has 6 heteroatoms. The molecule has 0 aliphatic carbocycles. The molecule has 0 N–H and O–H groups in total. The zero-order chi connectivity index (χ0) is 16.5. The van der Waals surface area contributed by atoms with Gasteiger partial charge in [-0.15, -0.1) is 0 Å². The molecule has 6 nitrogen and oxygen atoms in total. The first-order valence-corrected chi connectivity index (χ1v) is 8.54. The van der Waals surface area contributed by atoms with Crippen LogP contribution in [-0.4, -0.2) is 37.8 Å². The van der Waals surface area contributed by atoms with Crippen molar-refractivity contribution < 1.29 is 0 Å². The van der Waals surface area contributed by atoms with Crippen molar-refractivity contribution in [1.29, 1.82) is 0 Å². The molecule has 4 rings (SSSR count). The molecule has 0 spiro atoms. The van der Waals surface area contributed by atoms with Gasteiger partial charge in [0.05, 0.1) is 17.2 Å². The molecular weight excluding hydrogens is 300 g/mol. The quantitative estimate of drug-likeness (QED) is 0.742. The third-order valence-corrected chi connectivity index (χ3v) is 4.67. The fraction of sp³-hybridized carbons (Fsp3) is 0.444. The largest absolute Gasteiger partial charge is 0.355 e. The third kappa shape index (κ3) is 2.96. The van der Waals surface area contributed by atoms with Gasteiger partial charge in [-0.1, -0.05) is 12.1 Å². The van der Waals surface area contributed by atoms with E-state index in [-0.39, 0.29) is 0 Å². The van der Waals surface area contributed by atoms with Crippen molar-refractivity contribution in [3.05, 3.63) is 42.1 Å². The van der Waals surface area contributed by atoms with Gasteiger partial charge in [0.15, 0.2) is 0 Å². The minimum absolute atomic E-state index is 0.562. The summed E-state index contributed by atoms with van der Waals surface area (Å²) < 4.78 is 2.04. The number of aromatic nitrogens is 5. The Hall–Kier alpha value is -2.50. The van der Waals surface area contributed by atoms with Gasteiger partial charge in [0.25, 0.3) is 0 Å². The Morgan fingerprint density at radius 2 is 1.96 bits per heavy atom. The average molecular weight is 322 g/mol. The van der Waals surface area contributed by atoms with Crippen LogP contribution in [0.4, 0.5) is 5.82 Å². The molecule has 0 saturated carbocycles. The Labute approximate surface area is 141 Å². The maximum atomic E-state index is 4.79. The predicted molar refractivity (Wildman–Crippen MR) is 94.0 cm³/mol. The Balaban J connectivity index is 1.52. The van der Waals surface area contributed by atoms with Crippen molar-refractivity contribution in [3.63, 3.8) is 0 Å². The molecule has 0 bridgehead atoms. The van der Waals surface area contributed by atoms with Crippen molar-refractivity contribution in [2.45, 2.75) is 33.2 Å². The van der Waals surface area contributed by atoms with Crippen molar-refractivity contribution in [2.75, 3.05) is 18.0 Å². The maximum Gasteiger partial charge on any atom is 0.147 e. The first-order chi connectivity index (χ1) is 11.7. The molecule has 1 aliphatic rings. The van der Waals surface area contributed by atoms with Crippen LogP contribution in [0, 0.1) is 19.8 Å². The SMILES string of the molecule is Cc1nc(C)n(C[C@H]2CCCN(c3cnc4ccccc4n3)C2)n1. The van der Waals surface area contributed by atoms with Gasteiger partial charge in [0, 0.05) is 19.6 Å². The third-order valence-electron chi connectivity index (χ3n) is 4.67. The van der Waals surface area contributed by atoms with E-state index in [1.54, 1.807) is 0 Å². The van der Waals surface area contributed by atoms with Gasteiger partial charge in [0.2, 0.25) is 0 Å². The van der Waals surface area contributed by atoms with E-state index >= 15 is 0 Å². The lowest BCUT2D eigenvalue weighted by molar-refractivity contribution is 0.346. The predicted octanol–water partition coefficient (Wildman–Crippen LogP) is 2.75. The van der Waals surface area contributed by atoms with Crippen LogP contribution >= 0.6 is 0 Å². The van der Waals surface area contributed by atoms with Crippen LogP contribution in [0.25, 0.3) is 11.0 Å². The van der Waals surface area contributed by atoms with E-state index < -0.39 is 0 Å². The summed E-state index contributed by atoms with van der Waals surface area (Å²) in [6, 6.07) is 8.03. The number of rotatable bonds is 3. The molecule has 0 amide bonds. The number of piperidine rings is 1. The van der Waals surface area contributed by atoms with Crippen molar-refractivity contribution in [2.24, 2.45) is 5.92 Å². The molecule has 0 unspecified atom stereocenters. The zero-order valence-electron chi connectivity index (χ0n) is 14.2. The highest BCUT2D eigenvalue weighted by Crippen LogP contribution is 2.24. The van der Waals surface area contributed by atoms with Gasteiger partial charge in [-0.05, 0) is 44.7 Å². The van der Waals surface area contributed by atoms with Crippen molar-refractivity contribution >= 4 is 16.9 Å². The normalized spacial score (nSPS) is 18.2. The molecule has 1 saturated heterocycles. The number of hydrogen-bond donors (Lipinski definition) is 0. The smallest absolute Gasteiger partial charge is 0.147 e. The van der Waals surface area contributed by atoms with Crippen molar-refractivity contribution in [3.8, 4) is 0 Å². The number of fused-ring (bicyclic) bond motifs is 1. The molecule has 0 radical (unpaired) electrons. The van der Waals surface area contributed by atoms with Crippen LogP contribution in [0.15, 0.2) is 30.5 Å². The van der Waals surface area contributed by atoms with Crippen LogP contribution in [0.1, 0.15) is 24.5 Å². The molecule has 3 heterocycles. The van der Waals surface area contributed by atoms with Crippen LogP contribution in [0.3, 0.4) is 0 Å². The summed E-state index contributed by atoms with van der Waals surface area (Å²) >= 11 is 0. The molecule has 1 fully saturated rings. The summed E-state index contributed by atoms with van der Waals surface area (Å²) in [5.74, 6) is 3.38. The van der Waals surface area contributed by atoms with Gasteiger partial charge < -0.3 is 4.90 Å². The standard InChI is InChI=1S/C18H22N6/c1-13-20-14(2)24(22-13)12-15-6-5-9-23(11-15)18-10-19-16-7-3-4-8-17(16)21-18/h3-4,7-8,10,15H,5-6,9,11-12H2,1-2H3/t15-/m0/s1. The van der Waals surface area contributed by atoms with Gasteiger partial charge in [-0.2, -0.15) is 5.10 Å². The van der Waals surface area contributed by atoms with E-state index in [1.807, 2.05) is 49.0 Å². The molecule has 3 aromatic rings. The number of aryl methyl sites for hydroxylation is 2. The second-order valence-corrected chi connectivity index (χ2v) is 6.56. The lowest BCUT2D eigenvalue weighted by Gasteiger charge is -2.33. The van der Waals surface area contributed by atoms with Crippen LogP contribution < -0.4 is 4.90 Å². The maximum absolute atomic E-state index is 4.79. The summed E-state index contributed by atoms with van der Waals surface area (Å²) in [7, 11) is 0. The highest BCUT2D eigenvalue weighted by molar-refractivity contribution is 5.75. The average Bonchev–Trinajstić information content (AvgIpc) is 2.92. The summed E-state index contributed by atoms with van der Waals surface area (Å²) in [5, 5.41) is 4.50. The van der Waals surface area contributed by atoms with Crippen LogP contribution in [0.5, 0.6) is 0 Å². The topological polar surface area (TPSA) is 59.7 Å². The zero-order valence-corrected chi connectivity index (χ0v) is 14.2. The van der Waals surface area contributed by atoms with Crippen LogP contribution in [0.2, 0.25) is 0 Å². The second-order valence-electron chi connectivity index (χ2n) is 6.56. The van der Waals surface area contributed by atoms with E-state index in [0.717, 1.165) is 48.1 Å². The number of anilines is 1. The number of benzene rings is 1. The molecule has 2 aromatic heterocycles. The first-order valence-electron chi connectivity index (χ1n) is 8.54. The molecule has 1 aliphatic heterocycles. The van der Waals surface area contributed by atoms with Gasteiger partial charge >= 0.3 is 0 Å². The molecule has 24 heavy (non-hydrogen) atoms. The van der Waals surface area contributed by atoms with E-state index in [4.69, 9.17) is 4.98 Å². The van der Waals surface area contributed by atoms with Crippen LogP contribution in [-0.2, 0) is 6.54 Å². The molecular formula is C18H22N6. The van der Waals surface area contributed by atoms with E-state index in [0.29, 0.717) is 5.92 Å². The minimum Gasteiger partial charge on any atom is -0.355 e. The molecule has 124 valence electrons. The van der Waals surface area contributed by atoms with E-state index in [9.17, 15) is 0 Å². The Bertz CT molecular complexity index is 856. The monoisotopic (exact) mass is 322 g/mol. The number of nitrogens with zero attached hydrogens (tertiary/aromatic N) is 6. The van der Waals surface area contributed by atoms with Crippen molar-refractivity contribution in [1.82, 2.24) is 24.7 Å². The second kappa shape index (κ2) is 6.19. The van der Waals surface area contributed by atoms with Gasteiger partial charge in [-0.25, -0.2) is 14.6 Å². The fourth-order valence-electron chi connectivity index (χ4n) is 3.50. The minimum atomic E-state index is 0.562. The lowest BCUT2D eigenvalue weighted by Crippen LogP contribution is -2.38. The highest BCUT2D eigenvalue weighted by atomic mass is 15.3. The first kappa shape index (κ1) is 15.1. The number of hydrogen-bond acceptors (Lipinski definition) is 5. The highest BCUT2D eigenvalue weighted by Gasteiger charge is 2.22. The Morgan fingerprint density at radius 3 is 2.75 bits per heavy atom. The number of para-hydroxylation sites is 2. The molecule has 1 atom stereocenters. The fourth-order valence-corrected chi connectivity index (χ4v) is 3.50. The summed E-state index contributed by atoms with van der Waals surface area (Å²) in [4.78, 5) is 16.1. The summed E-state index contributed by atoms with van der Waals surface area (Å²) in [6.45, 7) is 6.92.